The average Bonchev–Trinajstić information content (AvgIpc) is 2.96. The van der Waals surface area contributed by atoms with Gasteiger partial charge in [-0.15, -0.1) is 0 Å². The van der Waals surface area contributed by atoms with E-state index >= 15 is 0 Å². The number of carbonyl (C=O) groups is 1. The number of anilines is 1. The minimum Gasteiger partial charge on any atom is -0.302 e. The van der Waals surface area contributed by atoms with Crippen molar-refractivity contribution in [2.45, 2.75) is 75.3 Å². The molecular formula is C30H30F5N3O3S. The van der Waals surface area contributed by atoms with Crippen molar-refractivity contribution in [1.29, 1.82) is 0 Å². The molecule has 2 atom stereocenters. The molecule has 1 amide bonds. The molecule has 0 N–H and O–H groups in total. The largest absolute Gasteiger partial charge is 0.302 e. The molecule has 0 radical (unpaired) electrons. The smallest absolute Gasteiger partial charge is 0.249 e. The topological polar surface area (TPSA) is 70.6 Å². The number of amides is 1. The predicted molar refractivity (Wildman–Crippen MR) is 146 cm³/mol. The SMILES string of the molecule is Cc1c(F)c(F)c(S(=O)(=O)N2CC[C@@H]2C(=O)N(c2ccc(F)cc2)C(C)c2ccc(C3CCCCC3)cn2)c(F)c1F. The fourth-order valence-corrected chi connectivity index (χ4v) is 7.48. The van der Waals surface area contributed by atoms with Gasteiger partial charge in [0.05, 0.1) is 11.7 Å². The van der Waals surface area contributed by atoms with Crippen LogP contribution in [0.3, 0.4) is 0 Å². The third-order valence-electron chi connectivity index (χ3n) is 8.31. The zero-order valence-corrected chi connectivity index (χ0v) is 23.9. The van der Waals surface area contributed by atoms with E-state index < -0.39 is 67.6 Å². The van der Waals surface area contributed by atoms with Gasteiger partial charge in [-0.3, -0.25) is 9.78 Å². The van der Waals surface area contributed by atoms with E-state index in [1.54, 1.807) is 19.2 Å². The van der Waals surface area contributed by atoms with Crippen molar-refractivity contribution in [2.75, 3.05) is 11.4 Å². The molecule has 2 aromatic carbocycles. The molecule has 0 spiro atoms. The summed E-state index contributed by atoms with van der Waals surface area (Å²) >= 11 is 0. The van der Waals surface area contributed by atoms with Crippen molar-refractivity contribution < 1.29 is 35.2 Å². The molecular weight excluding hydrogens is 577 g/mol. The van der Waals surface area contributed by atoms with Crippen LogP contribution >= 0.6 is 0 Å². The molecule has 1 unspecified atom stereocenters. The molecule has 42 heavy (non-hydrogen) atoms. The molecule has 1 saturated heterocycles. The van der Waals surface area contributed by atoms with Crippen molar-refractivity contribution in [3.63, 3.8) is 0 Å². The van der Waals surface area contributed by atoms with Crippen LogP contribution < -0.4 is 4.90 Å². The van der Waals surface area contributed by atoms with E-state index in [1.165, 1.54) is 23.5 Å². The maximum atomic E-state index is 14.7. The summed E-state index contributed by atoms with van der Waals surface area (Å²) in [6.45, 7) is 2.14. The van der Waals surface area contributed by atoms with Gasteiger partial charge in [-0.1, -0.05) is 25.3 Å². The molecule has 5 rings (SSSR count). The van der Waals surface area contributed by atoms with E-state index in [-0.39, 0.29) is 18.7 Å². The summed E-state index contributed by atoms with van der Waals surface area (Å²) in [7, 11) is -5.17. The van der Waals surface area contributed by atoms with Crippen LogP contribution in [0.2, 0.25) is 0 Å². The van der Waals surface area contributed by atoms with Gasteiger partial charge in [0.25, 0.3) is 0 Å². The van der Waals surface area contributed by atoms with E-state index in [4.69, 9.17) is 0 Å². The van der Waals surface area contributed by atoms with Gasteiger partial charge in [0.15, 0.2) is 28.2 Å². The second-order valence-corrected chi connectivity index (χ2v) is 12.7. The second-order valence-electron chi connectivity index (χ2n) is 10.8. The molecule has 1 aliphatic carbocycles. The van der Waals surface area contributed by atoms with E-state index in [1.807, 2.05) is 6.07 Å². The highest BCUT2D eigenvalue weighted by atomic mass is 32.2. The summed E-state index contributed by atoms with van der Waals surface area (Å²) in [5.41, 5.74) is 0.809. The van der Waals surface area contributed by atoms with Gasteiger partial charge in [0.1, 0.15) is 11.9 Å². The van der Waals surface area contributed by atoms with Crippen molar-refractivity contribution in [3.05, 3.63) is 88.5 Å². The van der Waals surface area contributed by atoms with Crippen molar-refractivity contribution in [1.82, 2.24) is 9.29 Å². The Balaban J connectivity index is 1.48. The lowest BCUT2D eigenvalue weighted by Gasteiger charge is -2.42. The Morgan fingerprint density at radius 2 is 1.52 bits per heavy atom. The molecule has 2 fully saturated rings. The van der Waals surface area contributed by atoms with Crippen molar-refractivity contribution in [2.24, 2.45) is 0 Å². The summed E-state index contributed by atoms with van der Waals surface area (Å²) < 4.78 is 98.8. The van der Waals surface area contributed by atoms with Crippen LogP contribution in [0.1, 0.15) is 74.2 Å². The Bertz CT molecular complexity index is 1560. The minimum atomic E-state index is -5.17. The molecule has 0 bridgehead atoms. The summed E-state index contributed by atoms with van der Waals surface area (Å²) in [5, 5.41) is 0. The standard InChI is InChI=1S/C30H30F5N3O3S/c1-17-25(32)27(34)29(28(35)26(17)33)42(40,41)37-15-14-24(37)30(39)38(22-11-9-21(31)10-12-22)18(2)23-13-8-20(16-36-23)19-6-4-3-5-7-19/h8-13,16,18-19,24H,3-7,14-15H2,1-2H3/t18?,24-/m1/s1. The first-order chi connectivity index (χ1) is 19.9. The first-order valence-corrected chi connectivity index (χ1v) is 15.3. The maximum Gasteiger partial charge on any atom is 0.249 e. The number of nitrogens with zero attached hydrogens (tertiary/aromatic N) is 3. The van der Waals surface area contributed by atoms with Crippen molar-refractivity contribution >= 4 is 21.6 Å². The lowest BCUT2D eigenvalue weighted by Crippen LogP contribution is -2.59. The fraction of sp³-hybridized carbons (Fsp3) is 0.400. The fourth-order valence-electron chi connectivity index (χ4n) is 5.74. The number of hydrogen-bond acceptors (Lipinski definition) is 4. The quantitative estimate of drug-likeness (QED) is 0.222. The van der Waals surface area contributed by atoms with Gasteiger partial charge in [0.2, 0.25) is 15.9 Å². The highest BCUT2D eigenvalue weighted by molar-refractivity contribution is 7.89. The minimum absolute atomic E-state index is 0.0173. The molecule has 1 aromatic heterocycles. The van der Waals surface area contributed by atoms with E-state index in [0.717, 1.165) is 50.3 Å². The number of pyridine rings is 1. The molecule has 3 aromatic rings. The number of rotatable bonds is 7. The molecule has 1 saturated carbocycles. The van der Waals surface area contributed by atoms with Gasteiger partial charge in [-0.25, -0.2) is 30.4 Å². The second kappa shape index (κ2) is 11.7. The molecule has 224 valence electrons. The van der Waals surface area contributed by atoms with Crippen LogP contribution in [0.25, 0.3) is 0 Å². The Morgan fingerprint density at radius 3 is 2.05 bits per heavy atom. The van der Waals surface area contributed by atoms with Crippen LogP contribution in [0, 0.1) is 36.0 Å². The number of sulfonamides is 1. The maximum absolute atomic E-state index is 14.7. The average molecular weight is 608 g/mol. The Hall–Kier alpha value is -3.38. The number of carbonyl (C=O) groups excluding carboxylic acids is 1. The molecule has 2 heterocycles. The van der Waals surface area contributed by atoms with Gasteiger partial charge < -0.3 is 4.90 Å². The van der Waals surface area contributed by atoms with Crippen molar-refractivity contribution in [3.8, 4) is 0 Å². The van der Waals surface area contributed by atoms with Crippen LogP contribution in [-0.2, 0) is 14.8 Å². The third kappa shape index (κ3) is 5.30. The van der Waals surface area contributed by atoms with Crippen LogP contribution in [-0.4, -0.2) is 36.2 Å². The Morgan fingerprint density at radius 1 is 0.905 bits per heavy atom. The Labute approximate surface area is 241 Å². The normalized spacial score (nSPS) is 18.9. The summed E-state index contributed by atoms with van der Waals surface area (Å²) in [4.78, 5) is 18.0. The lowest BCUT2D eigenvalue weighted by molar-refractivity contribution is -0.125. The first-order valence-electron chi connectivity index (χ1n) is 13.8. The molecule has 12 heteroatoms. The molecule has 1 aliphatic heterocycles. The summed E-state index contributed by atoms with van der Waals surface area (Å²) in [5.74, 6) is -8.71. The van der Waals surface area contributed by atoms with Crippen LogP contribution in [0.15, 0.2) is 47.5 Å². The monoisotopic (exact) mass is 607 g/mol. The Kier molecular flexibility index (Phi) is 8.39. The van der Waals surface area contributed by atoms with Crippen LogP contribution in [0.4, 0.5) is 27.6 Å². The summed E-state index contributed by atoms with van der Waals surface area (Å²) in [6, 6.07) is 6.53. The first kappa shape index (κ1) is 30.1. The van der Waals surface area contributed by atoms with Gasteiger partial charge in [-0.2, -0.15) is 4.31 Å². The number of hydrogen-bond donors (Lipinski definition) is 0. The van der Waals surface area contributed by atoms with E-state index in [2.05, 4.69) is 4.98 Å². The van der Waals surface area contributed by atoms with Gasteiger partial charge >= 0.3 is 0 Å². The number of halogens is 5. The lowest BCUT2D eigenvalue weighted by atomic mass is 9.85. The number of benzene rings is 2. The van der Waals surface area contributed by atoms with Crippen LogP contribution in [0.5, 0.6) is 0 Å². The highest BCUT2D eigenvalue weighted by Crippen LogP contribution is 2.37. The van der Waals surface area contributed by atoms with E-state index in [0.29, 0.717) is 15.9 Å². The van der Waals surface area contributed by atoms with Gasteiger partial charge in [0, 0.05) is 24.0 Å². The third-order valence-corrected chi connectivity index (χ3v) is 10.2. The zero-order chi connectivity index (χ0) is 30.3. The highest BCUT2D eigenvalue weighted by Gasteiger charge is 2.48. The predicted octanol–water partition coefficient (Wildman–Crippen LogP) is 6.69. The molecule has 6 nitrogen and oxygen atoms in total. The van der Waals surface area contributed by atoms with E-state index in [9.17, 15) is 35.2 Å². The number of aromatic nitrogens is 1. The molecule has 2 aliphatic rings. The summed E-state index contributed by atoms with van der Waals surface area (Å²) in [6.07, 6.45) is 7.38. The zero-order valence-electron chi connectivity index (χ0n) is 23.1. The van der Waals surface area contributed by atoms with Gasteiger partial charge in [-0.05, 0) is 74.9 Å².